The minimum absolute atomic E-state index is 0.414. The van der Waals surface area contributed by atoms with Crippen molar-refractivity contribution in [2.75, 3.05) is 0 Å². The zero-order valence-corrected chi connectivity index (χ0v) is 32.2. The molecule has 0 saturated carbocycles. The number of rotatable bonds is 5. The third kappa shape index (κ3) is 4.90. The van der Waals surface area contributed by atoms with E-state index in [0.717, 1.165) is 33.6 Å². The monoisotopic (exact) mass is 754 g/mol. The summed E-state index contributed by atoms with van der Waals surface area (Å²) < 4.78 is 1.33. The first-order valence-corrected chi connectivity index (χ1v) is 20.6. The molecule has 8 aromatic carbocycles. The molecule has 12 rings (SSSR count). The molecule has 0 unspecified atom stereocenters. The number of benzene rings is 8. The quantitative estimate of drug-likeness (QED) is 0.175. The van der Waals surface area contributed by atoms with Gasteiger partial charge in [-0.05, 0) is 90.8 Å². The van der Waals surface area contributed by atoms with Crippen LogP contribution in [0.3, 0.4) is 0 Å². The second-order valence-electron chi connectivity index (χ2n) is 15.3. The van der Waals surface area contributed by atoms with E-state index in [1.54, 1.807) is 0 Å². The summed E-state index contributed by atoms with van der Waals surface area (Å²) in [5.41, 5.74) is 18.6. The van der Waals surface area contributed by atoms with E-state index < -0.39 is 5.41 Å². The second-order valence-corrected chi connectivity index (χ2v) is 16.3. The van der Waals surface area contributed by atoms with Gasteiger partial charge in [0.2, 0.25) is 0 Å². The molecule has 0 radical (unpaired) electrons. The lowest BCUT2D eigenvalue weighted by Gasteiger charge is -2.30. The normalized spacial score (nSPS) is 13.0. The van der Waals surface area contributed by atoms with Crippen LogP contribution in [0.15, 0.2) is 206 Å². The van der Waals surface area contributed by atoms with Crippen LogP contribution in [0.25, 0.3) is 87.8 Å². The van der Waals surface area contributed by atoms with Crippen molar-refractivity contribution in [2.24, 2.45) is 0 Å². The average molecular weight is 755 g/mol. The fourth-order valence-corrected chi connectivity index (χ4v) is 10.9. The van der Waals surface area contributed by atoms with Gasteiger partial charge in [-0.2, -0.15) is 0 Å². The Morgan fingerprint density at radius 3 is 1.59 bits per heavy atom. The molecule has 0 aliphatic heterocycles. The van der Waals surface area contributed by atoms with Gasteiger partial charge in [0, 0.05) is 26.3 Å². The van der Waals surface area contributed by atoms with Gasteiger partial charge in [0.25, 0.3) is 0 Å². The van der Waals surface area contributed by atoms with E-state index in [0.29, 0.717) is 5.82 Å². The predicted octanol–water partition coefficient (Wildman–Crippen LogP) is 14.4. The number of hydrogen-bond donors (Lipinski definition) is 0. The lowest BCUT2D eigenvalue weighted by molar-refractivity contribution is 0.803. The van der Waals surface area contributed by atoms with E-state index in [9.17, 15) is 0 Å². The Bertz CT molecular complexity index is 3170. The first-order chi connectivity index (χ1) is 28.7. The molecule has 0 saturated heterocycles. The van der Waals surface area contributed by atoms with E-state index in [2.05, 4.69) is 200 Å². The van der Waals surface area contributed by atoms with Crippen LogP contribution in [-0.2, 0) is 5.41 Å². The number of thiophene rings is 1. The van der Waals surface area contributed by atoms with Gasteiger partial charge in [0.1, 0.15) is 0 Å². The van der Waals surface area contributed by atoms with Gasteiger partial charge in [-0.3, -0.25) is 0 Å². The van der Waals surface area contributed by atoms with Crippen molar-refractivity contribution in [3.05, 3.63) is 229 Å². The van der Waals surface area contributed by atoms with Crippen molar-refractivity contribution in [1.29, 1.82) is 0 Å². The Morgan fingerprint density at radius 2 is 0.862 bits per heavy atom. The molecule has 10 aromatic rings. The molecular formula is C55H34N2S. The summed E-state index contributed by atoms with van der Waals surface area (Å²) in [4.78, 5) is 11.8. The molecule has 1 spiro atoms. The summed E-state index contributed by atoms with van der Waals surface area (Å²) in [5, 5.41) is 1.34. The molecule has 0 N–H and O–H groups in total. The fourth-order valence-electron chi connectivity index (χ4n) is 9.55. The molecule has 270 valence electrons. The first kappa shape index (κ1) is 33.0. The third-order valence-electron chi connectivity index (χ3n) is 12.1. The highest BCUT2D eigenvalue weighted by molar-refractivity contribution is 7.22. The minimum Gasteiger partial charge on any atom is -0.228 e. The average Bonchev–Trinajstić information content (AvgIpc) is 3.93. The van der Waals surface area contributed by atoms with E-state index in [1.165, 1.54) is 70.6 Å². The molecular weight excluding hydrogens is 721 g/mol. The maximum absolute atomic E-state index is 5.24. The second kappa shape index (κ2) is 12.9. The smallest absolute Gasteiger partial charge is 0.160 e. The van der Waals surface area contributed by atoms with Crippen molar-refractivity contribution >= 4 is 21.4 Å². The summed E-state index contributed by atoms with van der Waals surface area (Å²) in [6, 6.07) is 74.7. The van der Waals surface area contributed by atoms with Crippen molar-refractivity contribution in [3.8, 4) is 77.7 Å². The van der Waals surface area contributed by atoms with Crippen LogP contribution in [-0.4, -0.2) is 9.97 Å². The Hall–Kier alpha value is -7.20. The van der Waals surface area contributed by atoms with E-state index in [1.807, 2.05) is 17.4 Å². The lowest BCUT2D eigenvalue weighted by atomic mass is 9.70. The maximum Gasteiger partial charge on any atom is 0.160 e. The highest BCUT2D eigenvalue weighted by Crippen LogP contribution is 2.66. The van der Waals surface area contributed by atoms with Crippen molar-refractivity contribution in [1.82, 2.24) is 9.97 Å². The lowest BCUT2D eigenvalue weighted by Crippen LogP contribution is -2.25. The number of hydrogen-bond acceptors (Lipinski definition) is 3. The molecule has 2 aliphatic carbocycles. The Balaban J connectivity index is 1.01. The molecule has 2 nitrogen and oxygen atoms in total. The topological polar surface area (TPSA) is 25.8 Å². The van der Waals surface area contributed by atoms with E-state index in [-0.39, 0.29) is 0 Å². The van der Waals surface area contributed by atoms with Crippen LogP contribution < -0.4 is 0 Å². The van der Waals surface area contributed by atoms with Gasteiger partial charge >= 0.3 is 0 Å². The molecule has 0 amide bonds. The molecule has 2 heterocycles. The SMILES string of the molecule is c1ccc(-c2ccc(-c3cc(-c4ccccc4)nc(-c4cccc(-c5ccc6c(c5)C5(c7ccccc7-c7ccccc75)c5c-6sc6ccccc56)c4)n3)cc2)cc1. The number of fused-ring (bicyclic) bond motifs is 12. The standard InChI is InChI=1S/C55H34N2S/c1-3-14-35(15-4-1)36-26-28-38(29-27-36)50-34-49(37-16-5-2-6-17-37)56-54(57-50)41-19-13-18-39(32-41)40-30-31-44-48(33-40)55(52-45-22-9-12-25-51(45)58-53(44)52)46-23-10-7-20-42(46)43-21-8-11-24-47(43)55/h1-34H. The zero-order chi connectivity index (χ0) is 38.2. The van der Waals surface area contributed by atoms with Crippen LogP contribution in [0.4, 0.5) is 0 Å². The molecule has 0 bridgehead atoms. The Kier molecular flexibility index (Phi) is 7.35. The molecule has 0 atom stereocenters. The minimum atomic E-state index is -0.414. The Morgan fingerprint density at radius 1 is 0.345 bits per heavy atom. The summed E-state index contributed by atoms with van der Waals surface area (Å²) >= 11 is 1.92. The van der Waals surface area contributed by atoms with Crippen LogP contribution in [0, 0.1) is 0 Å². The summed E-state index contributed by atoms with van der Waals surface area (Å²) in [7, 11) is 0. The molecule has 58 heavy (non-hydrogen) atoms. The van der Waals surface area contributed by atoms with Gasteiger partial charge < -0.3 is 0 Å². The summed E-state index contributed by atoms with van der Waals surface area (Å²) in [5.74, 6) is 0.704. The summed E-state index contributed by atoms with van der Waals surface area (Å²) in [6.07, 6.45) is 0. The van der Waals surface area contributed by atoms with Gasteiger partial charge in [-0.15, -0.1) is 11.3 Å². The molecule has 2 aromatic heterocycles. The molecule has 2 aliphatic rings. The molecule has 0 fully saturated rings. The van der Waals surface area contributed by atoms with Crippen LogP contribution in [0.2, 0.25) is 0 Å². The van der Waals surface area contributed by atoms with E-state index in [4.69, 9.17) is 9.97 Å². The zero-order valence-electron chi connectivity index (χ0n) is 31.4. The van der Waals surface area contributed by atoms with Crippen LogP contribution in [0.5, 0.6) is 0 Å². The third-order valence-corrected chi connectivity index (χ3v) is 13.3. The van der Waals surface area contributed by atoms with Crippen molar-refractivity contribution < 1.29 is 0 Å². The van der Waals surface area contributed by atoms with Crippen LogP contribution in [0.1, 0.15) is 22.3 Å². The fraction of sp³-hybridized carbons (Fsp3) is 0.0182. The molecule has 3 heteroatoms. The van der Waals surface area contributed by atoms with Gasteiger partial charge in [0.15, 0.2) is 5.82 Å². The van der Waals surface area contributed by atoms with E-state index >= 15 is 0 Å². The van der Waals surface area contributed by atoms with Crippen molar-refractivity contribution in [2.45, 2.75) is 5.41 Å². The highest BCUT2D eigenvalue weighted by Gasteiger charge is 2.53. The Labute approximate surface area is 341 Å². The van der Waals surface area contributed by atoms with Crippen molar-refractivity contribution in [3.63, 3.8) is 0 Å². The van der Waals surface area contributed by atoms with Crippen LogP contribution >= 0.6 is 11.3 Å². The maximum atomic E-state index is 5.24. The number of aromatic nitrogens is 2. The van der Waals surface area contributed by atoms with Gasteiger partial charge in [-0.1, -0.05) is 182 Å². The highest BCUT2D eigenvalue weighted by atomic mass is 32.1. The van der Waals surface area contributed by atoms with Gasteiger partial charge in [0.05, 0.1) is 16.8 Å². The number of nitrogens with zero attached hydrogens (tertiary/aromatic N) is 2. The van der Waals surface area contributed by atoms with Gasteiger partial charge in [-0.25, -0.2) is 9.97 Å². The largest absolute Gasteiger partial charge is 0.228 e. The summed E-state index contributed by atoms with van der Waals surface area (Å²) in [6.45, 7) is 0. The first-order valence-electron chi connectivity index (χ1n) is 19.8. The predicted molar refractivity (Wildman–Crippen MR) is 241 cm³/mol.